The Bertz CT molecular complexity index is 894. The Labute approximate surface area is 184 Å². The largest absolute Gasteiger partial charge is 0.478 e. The molecule has 1 heterocycles. The maximum Gasteiger partial charge on any atom is 0.335 e. The van der Waals surface area contributed by atoms with Crippen molar-refractivity contribution in [1.29, 1.82) is 0 Å². The molecule has 0 bridgehead atoms. The zero-order valence-corrected chi connectivity index (χ0v) is 18.3. The fourth-order valence-corrected chi connectivity index (χ4v) is 4.47. The van der Waals surface area contributed by atoms with Crippen LogP contribution in [0.4, 0.5) is 5.69 Å². The molecule has 1 fully saturated rings. The molecule has 0 aromatic heterocycles. The number of hydrogen-bond donors (Lipinski definition) is 2. The Morgan fingerprint density at radius 3 is 2.71 bits per heavy atom. The summed E-state index contributed by atoms with van der Waals surface area (Å²) in [5.74, 6) is -0.678. The molecule has 31 heavy (non-hydrogen) atoms. The van der Waals surface area contributed by atoms with Gasteiger partial charge in [0.2, 0.25) is 0 Å². The van der Waals surface area contributed by atoms with Gasteiger partial charge in [-0.05, 0) is 49.4 Å². The number of aliphatic hydroxyl groups is 1. The Kier molecular flexibility index (Phi) is 8.24. The van der Waals surface area contributed by atoms with Crippen LogP contribution in [0.15, 0.2) is 48.5 Å². The minimum absolute atomic E-state index is 0.188. The van der Waals surface area contributed by atoms with E-state index in [0.29, 0.717) is 18.5 Å². The number of aliphatic hydroxyl groups excluding tert-OH is 1. The summed E-state index contributed by atoms with van der Waals surface area (Å²) in [6, 6.07) is 14.7. The van der Waals surface area contributed by atoms with Gasteiger partial charge >= 0.3 is 5.97 Å². The average Bonchev–Trinajstić information content (AvgIpc) is 3.14. The van der Waals surface area contributed by atoms with Gasteiger partial charge in [0.15, 0.2) is 5.78 Å². The first-order valence-electron chi connectivity index (χ1n) is 11.4. The number of nitrogens with zero attached hydrogens (tertiary/aromatic N) is 1. The van der Waals surface area contributed by atoms with Gasteiger partial charge in [-0.25, -0.2) is 4.79 Å². The van der Waals surface area contributed by atoms with Crippen molar-refractivity contribution in [2.75, 3.05) is 11.4 Å². The second-order valence-corrected chi connectivity index (χ2v) is 8.39. The number of ketones is 1. The number of rotatable bonds is 11. The van der Waals surface area contributed by atoms with E-state index in [9.17, 15) is 14.7 Å². The fraction of sp³-hybridized carbons (Fsp3) is 0.462. The highest BCUT2D eigenvalue weighted by molar-refractivity contribution is 5.91. The molecule has 5 heteroatoms. The predicted octanol–water partition coefficient (Wildman–Crippen LogP) is 5.17. The van der Waals surface area contributed by atoms with Crippen LogP contribution in [-0.4, -0.2) is 34.6 Å². The van der Waals surface area contributed by atoms with E-state index in [1.54, 1.807) is 18.2 Å². The number of carbonyl (C=O) groups is 2. The molecule has 1 saturated heterocycles. The van der Waals surface area contributed by atoms with Gasteiger partial charge in [-0.2, -0.15) is 0 Å². The van der Waals surface area contributed by atoms with E-state index in [1.165, 1.54) is 0 Å². The third-order valence-corrected chi connectivity index (χ3v) is 6.15. The highest BCUT2D eigenvalue weighted by atomic mass is 16.4. The van der Waals surface area contributed by atoms with Gasteiger partial charge in [0.25, 0.3) is 0 Å². The number of Topliss-reactive ketones (excluding diaryl/α,β-unsaturated/α-hetero) is 1. The van der Waals surface area contributed by atoms with Gasteiger partial charge in [-0.1, -0.05) is 56.5 Å². The van der Waals surface area contributed by atoms with Crippen LogP contribution in [0, 0.1) is 0 Å². The lowest BCUT2D eigenvalue weighted by atomic mass is 9.98. The summed E-state index contributed by atoms with van der Waals surface area (Å²) in [5.41, 5.74) is 3.15. The van der Waals surface area contributed by atoms with Gasteiger partial charge in [-0.3, -0.25) is 4.79 Å². The molecule has 2 aromatic carbocycles. The molecule has 166 valence electrons. The number of para-hydroxylation sites is 1. The van der Waals surface area contributed by atoms with E-state index >= 15 is 0 Å². The number of aromatic carboxylic acids is 1. The Hall–Kier alpha value is -2.66. The lowest BCUT2D eigenvalue weighted by Gasteiger charge is -2.29. The van der Waals surface area contributed by atoms with E-state index < -0.39 is 12.1 Å². The fourth-order valence-electron chi connectivity index (χ4n) is 4.47. The number of hydrogen-bond acceptors (Lipinski definition) is 4. The third kappa shape index (κ3) is 5.95. The van der Waals surface area contributed by atoms with Crippen molar-refractivity contribution in [2.45, 2.75) is 70.4 Å². The number of aryl methyl sites for hydroxylation is 1. The normalized spacial score (nSPS) is 17.2. The lowest BCUT2D eigenvalue weighted by Crippen LogP contribution is -2.34. The molecule has 0 amide bonds. The number of unbranched alkanes of at least 4 members (excludes halogenated alkanes) is 2. The Balaban J connectivity index is 1.68. The standard InChI is InChI=1S/C26H33NO4/c1-2-3-4-15-24(28)21-12-5-6-13-22(21)27-17-16-25(29)23(27)14-8-10-19-9-7-11-20(18-19)26(30)31/h5-7,9,11-13,18,23-24,28H,2-4,8,10,14-17H2,1H3,(H,30,31). The molecule has 2 unspecified atom stereocenters. The SMILES string of the molecule is CCCCCC(O)c1ccccc1N1CCC(=O)C1CCCc1cccc(C(=O)O)c1. The summed E-state index contributed by atoms with van der Waals surface area (Å²) in [6.45, 7) is 2.83. The molecule has 0 saturated carbocycles. The van der Waals surface area contributed by atoms with E-state index in [1.807, 2.05) is 30.3 Å². The summed E-state index contributed by atoms with van der Waals surface area (Å²) in [7, 11) is 0. The third-order valence-electron chi connectivity index (χ3n) is 6.15. The van der Waals surface area contributed by atoms with Gasteiger partial charge < -0.3 is 15.1 Å². The smallest absolute Gasteiger partial charge is 0.335 e. The minimum atomic E-state index is -0.923. The van der Waals surface area contributed by atoms with E-state index in [2.05, 4.69) is 11.8 Å². The monoisotopic (exact) mass is 423 g/mol. The second kappa shape index (κ2) is 11.1. The number of anilines is 1. The maximum absolute atomic E-state index is 12.7. The van der Waals surface area contributed by atoms with Crippen molar-refractivity contribution < 1.29 is 19.8 Å². The quantitative estimate of drug-likeness (QED) is 0.488. The molecule has 2 N–H and O–H groups in total. The molecular formula is C26H33NO4. The van der Waals surface area contributed by atoms with Gasteiger partial charge in [0.1, 0.15) is 0 Å². The zero-order chi connectivity index (χ0) is 22.2. The van der Waals surface area contributed by atoms with E-state index in [0.717, 1.165) is 61.8 Å². The Morgan fingerprint density at radius 2 is 1.94 bits per heavy atom. The van der Waals surface area contributed by atoms with Crippen LogP contribution in [0.25, 0.3) is 0 Å². The molecule has 0 aliphatic carbocycles. The average molecular weight is 424 g/mol. The van der Waals surface area contributed by atoms with Crippen LogP contribution in [0.3, 0.4) is 0 Å². The van der Waals surface area contributed by atoms with Crippen LogP contribution in [-0.2, 0) is 11.2 Å². The summed E-state index contributed by atoms with van der Waals surface area (Å²) in [4.78, 5) is 26.0. The highest BCUT2D eigenvalue weighted by Crippen LogP contribution is 2.34. The van der Waals surface area contributed by atoms with Crippen molar-refractivity contribution in [2.24, 2.45) is 0 Å². The summed E-state index contributed by atoms with van der Waals surface area (Å²) in [5, 5.41) is 19.9. The topological polar surface area (TPSA) is 77.8 Å². The number of carboxylic acids is 1. The summed E-state index contributed by atoms with van der Waals surface area (Å²) in [6.07, 6.45) is 6.21. The number of carbonyl (C=O) groups excluding carboxylic acids is 1. The van der Waals surface area contributed by atoms with Crippen molar-refractivity contribution in [3.05, 3.63) is 65.2 Å². The summed E-state index contributed by atoms with van der Waals surface area (Å²) >= 11 is 0. The molecule has 2 atom stereocenters. The molecule has 0 radical (unpaired) electrons. The van der Waals surface area contributed by atoms with Crippen LogP contribution >= 0.6 is 0 Å². The van der Waals surface area contributed by atoms with Gasteiger partial charge in [0, 0.05) is 24.2 Å². The number of benzene rings is 2. The number of carboxylic acid groups (broad SMARTS) is 1. The molecule has 5 nitrogen and oxygen atoms in total. The van der Waals surface area contributed by atoms with Gasteiger partial charge in [-0.15, -0.1) is 0 Å². The van der Waals surface area contributed by atoms with Crippen LogP contribution in [0.2, 0.25) is 0 Å². The minimum Gasteiger partial charge on any atom is -0.478 e. The van der Waals surface area contributed by atoms with Crippen molar-refractivity contribution in [1.82, 2.24) is 0 Å². The van der Waals surface area contributed by atoms with Crippen LogP contribution in [0.5, 0.6) is 0 Å². The first-order valence-corrected chi connectivity index (χ1v) is 11.4. The molecule has 1 aliphatic rings. The molecular weight excluding hydrogens is 390 g/mol. The Morgan fingerprint density at radius 1 is 1.13 bits per heavy atom. The first kappa shape index (κ1) is 23.0. The van der Waals surface area contributed by atoms with Crippen molar-refractivity contribution in [3.63, 3.8) is 0 Å². The van der Waals surface area contributed by atoms with E-state index in [-0.39, 0.29) is 11.8 Å². The summed E-state index contributed by atoms with van der Waals surface area (Å²) < 4.78 is 0. The lowest BCUT2D eigenvalue weighted by molar-refractivity contribution is -0.118. The molecule has 0 spiro atoms. The first-order chi connectivity index (χ1) is 15.0. The molecule has 1 aliphatic heterocycles. The van der Waals surface area contributed by atoms with Crippen LogP contribution < -0.4 is 4.90 Å². The zero-order valence-electron chi connectivity index (χ0n) is 18.3. The predicted molar refractivity (Wildman–Crippen MR) is 123 cm³/mol. The van der Waals surface area contributed by atoms with Crippen LogP contribution in [0.1, 0.15) is 79.5 Å². The van der Waals surface area contributed by atoms with E-state index in [4.69, 9.17) is 5.11 Å². The van der Waals surface area contributed by atoms with Crippen molar-refractivity contribution >= 4 is 17.4 Å². The molecule has 2 aromatic rings. The maximum atomic E-state index is 12.7. The molecule has 3 rings (SSSR count). The van der Waals surface area contributed by atoms with Gasteiger partial charge in [0.05, 0.1) is 17.7 Å². The highest BCUT2D eigenvalue weighted by Gasteiger charge is 2.33. The van der Waals surface area contributed by atoms with Crippen molar-refractivity contribution in [3.8, 4) is 0 Å². The second-order valence-electron chi connectivity index (χ2n) is 8.39.